The Morgan fingerprint density at radius 1 is 0.939 bits per heavy atom. The number of hydrogen-bond donors (Lipinski definition) is 1. The van der Waals surface area contributed by atoms with Crippen molar-refractivity contribution in [2.24, 2.45) is 0 Å². The third-order valence-electron chi connectivity index (χ3n) is 5.22. The molecule has 1 aliphatic rings. The Labute approximate surface area is 189 Å². The van der Waals surface area contributed by atoms with E-state index in [-0.39, 0.29) is 11.3 Å². The van der Waals surface area contributed by atoms with Crippen LogP contribution < -0.4 is 14.8 Å². The highest BCUT2D eigenvalue weighted by molar-refractivity contribution is 6.34. The highest BCUT2D eigenvalue weighted by Crippen LogP contribution is 2.39. The first-order chi connectivity index (χ1) is 15.7. The van der Waals surface area contributed by atoms with Gasteiger partial charge in [0.25, 0.3) is 5.91 Å². The number of rotatable bonds is 6. The first kappa shape index (κ1) is 22.5. The van der Waals surface area contributed by atoms with Crippen LogP contribution >= 0.6 is 0 Å². The van der Waals surface area contributed by atoms with Crippen LogP contribution in [0.3, 0.4) is 0 Å². The van der Waals surface area contributed by atoms with Gasteiger partial charge in [-0.2, -0.15) is 13.2 Å². The Kier molecular flexibility index (Phi) is 6.14. The van der Waals surface area contributed by atoms with E-state index in [0.29, 0.717) is 35.8 Å². The van der Waals surface area contributed by atoms with E-state index in [2.05, 4.69) is 5.32 Å². The molecule has 1 heterocycles. The van der Waals surface area contributed by atoms with Gasteiger partial charge in [0.2, 0.25) is 0 Å². The average Bonchev–Trinajstić information content (AvgIpc) is 3.08. The first-order valence-electron chi connectivity index (χ1n) is 10.4. The number of alkyl halides is 3. The summed E-state index contributed by atoms with van der Waals surface area (Å²) < 4.78 is 50.6. The molecule has 0 saturated carbocycles. The number of fused-ring (bicyclic) bond motifs is 1. The summed E-state index contributed by atoms with van der Waals surface area (Å²) in [4.78, 5) is 12.4. The van der Waals surface area contributed by atoms with Gasteiger partial charge < -0.3 is 14.8 Å². The molecule has 4 rings (SSSR count). The van der Waals surface area contributed by atoms with E-state index in [0.717, 1.165) is 17.7 Å². The standard InChI is InChI=1S/C26H22F3NO3/c1-3-32-24-13-18(8-11-23(24)33-15-17-6-4-16(2)5-7-17)12-21-20-10-9-19(26(27,28)29)14-22(20)30-25(21)31/h4-14H,3,15H2,1-2H3,(H,30,31)/b21-12-. The summed E-state index contributed by atoms with van der Waals surface area (Å²) in [6.45, 7) is 4.67. The molecule has 3 aromatic carbocycles. The number of hydrogen-bond acceptors (Lipinski definition) is 3. The molecule has 1 amide bonds. The summed E-state index contributed by atoms with van der Waals surface area (Å²) in [6.07, 6.45) is -2.85. The highest BCUT2D eigenvalue weighted by Gasteiger charge is 2.33. The van der Waals surface area contributed by atoms with Gasteiger partial charge in [-0.15, -0.1) is 0 Å². The maximum Gasteiger partial charge on any atom is 0.416 e. The zero-order chi connectivity index (χ0) is 23.6. The summed E-state index contributed by atoms with van der Waals surface area (Å²) in [5, 5.41) is 2.51. The van der Waals surface area contributed by atoms with Crippen molar-refractivity contribution < 1.29 is 27.4 Å². The Bertz CT molecular complexity index is 1210. The van der Waals surface area contributed by atoms with Gasteiger partial charge in [0.05, 0.1) is 12.2 Å². The van der Waals surface area contributed by atoms with Crippen LogP contribution in [0.25, 0.3) is 11.6 Å². The van der Waals surface area contributed by atoms with Crippen molar-refractivity contribution in [1.82, 2.24) is 0 Å². The van der Waals surface area contributed by atoms with Gasteiger partial charge in [0.1, 0.15) is 6.61 Å². The molecule has 0 saturated heterocycles. The molecule has 4 nitrogen and oxygen atoms in total. The topological polar surface area (TPSA) is 47.6 Å². The number of ether oxygens (including phenoxy) is 2. The molecule has 170 valence electrons. The zero-order valence-corrected chi connectivity index (χ0v) is 18.1. The van der Waals surface area contributed by atoms with Crippen molar-refractivity contribution in [3.63, 3.8) is 0 Å². The summed E-state index contributed by atoms with van der Waals surface area (Å²) in [5.41, 5.74) is 2.89. The number of nitrogens with one attached hydrogen (secondary N) is 1. The Morgan fingerprint density at radius 2 is 1.70 bits per heavy atom. The lowest BCUT2D eigenvalue weighted by atomic mass is 10.0. The lowest BCUT2D eigenvalue weighted by molar-refractivity contribution is -0.137. The Morgan fingerprint density at radius 3 is 2.39 bits per heavy atom. The maximum absolute atomic E-state index is 13.0. The predicted molar refractivity (Wildman–Crippen MR) is 121 cm³/mol. The Hall–Kier alpha value is -3.74. The van der Waals surface area contributed by atoms with Crippen molar-refractivity contribution in [2.45, 2.75) is 26.6 Å². The van der Waals surface area contributed by atoms with E-state index in [1.807, 2.05) is 38.1 Å². The lowest BCUT2D eigenvalue weighted by Crippen LogP contribution is -2.06. The molecule has 0 atom stereocenters. The minimum atomic E-state index is -4.48. The molecule has 1 N–H and O–H groups in total. The molecule has 3 aromatic rings. The van der Waals surface area contributed by atoms with Gasteiger partial charge >= 0.3 is 6.18 Å². The molecule has 1 aliphatic heterocycles. The molecule has 0 radical (unpaired) electrons. The predicted octanol–water partition coefficient (Wildman–Crippen LogP) is 6.48. The highest BCUT2D eigenvalue weighted by atomic mass is 19.4. The molecule has 0 fully saturated rings. The molecule has 0 unspecified atom stereocenters. The normalized spacial score (nSPS) is 14.2. The van der Waals surface area contributed by atoms with Gasteiger partial charge in [-0.25, -0.2) is 0 Å². The number of anilines is 1. The monoisotopic (exact) mass is 453 g/mol. The van der Waals surface area contributed by atoms with Crippen LogP contribution in [0.15, 0.2) is 60.7 Å². The quantitative estimate of drug-likeness (QED) is 0.435. The smallest absolute Gasteiger partial charge is 0.416 e. The van der Waals surface area contributed by atoms with Crippen LogP contribution in [-0.4, -0.2) is 12.5 Å². The van der Waals surface area contributed by atoms with Gasteiger partial charge in [-0.1, -0.05) is 42.0 Å². The van der Waals surface area contributed by atoms with E-state index in [9.17, 15) is 18.0 Å². The van der Waals surface area contributed by atoms with E-state index >= 15 is 0 Å². The molecular formula is C26H22F3NO3. The number of carbonyl (C=O) groups excluding carboxylic acids is 1. The second kappa shape index (κ2) is 9.02. The average molecular weight is 453 g/mol. The molecule has 33 heavy (non-hydrogen) atoms. The van der Waals surface area contributed by atoms with Crippen LogP contribution in [0.2, 0.25) is 0 Å². The molecule has 0 bridgehead atoms. The summed E-state index contributed by atoms with van der Waals surface area (Å²) in [7, 11) is 0. The molecule has 0 spiro atoms. The van der Waals surface area contributed by atoms with Gasteiger partial charge in [-0.3, -0.25) is 4.79 Å². The third kappa shape index (κ3) is 5.03. The van der Waals surface area contributed by atoms with Crippen molar-refractivity contribution >= 4 is 23.2 Å². The number of benzene rings is 3. The zero-order valence-electron chi connectivity index (χ0n) is 18.1. The largest absolute Gasteiger partial charge is 0.490 e. The first-order valence-corrected chi connectivity index (χ1v) is 10.4. The summed E-state index contributed by atoms with van der Waals surface area (Å²) in [5.74, 6) is 0.623. The fourth-order valence-corrected chi connectivity index (χ4v) is 3.53. The van der Waals surface area contributed by atoms with Crippen LogP contribution in [0, 0.1) is 6.92 Å². The molecular weight excluding hydrogens is 431 g/mol. The van der Waals surface area contributed by atoms with E-state index in [4.69, 9.17) is 9.47 Å². The number of carbonyl (C=O) groups is 1. The molecule has 0 aliphatic carbocycles. The molecule has 0 aromatic heterocycles. The van der Waals surface area contributed by atoms with E-state index < -0.39 is 17.6 Å². The van der Waals surface area contributed by atoms with Gasteiger partial charge in [0, 0.05) is 16.8 Å². The van der Waals surface area contributed by atoms with Gasteiger partial charge in [0.15, 0.2) is 11.5 Å². The van der Waals surface area contributed by atoms with Crippen LogP contribution in [-0.2, 0) is 17.6 Å². The number of halogens is 3. The maximum atomic E-state index is 13.0. The van der Waals surface area contributed by atoms with E-state index in [1.54, 1.807) is 24.3 Å². The van der Waals surface area contributed by atoms with Crippen molar-refractivity contribution in [1.29, 1.82) is 0 Å². The second-order valence-corrected chi connectivity index (χ2v) is 7.68. The van der Waals surface area contributed by atoms with Crippen molar-refractivity contribution in [2.75, 3.05) is 11.9 Å². The number of amides is 1. The van der Waals surface area contributed by atoms with E-state index in [1.165, 1.54) is 11.6 Å². The fourth-order valence-electron chi connectivity index (χ4n) is 3.53. The van der Waals surface area contributed by atoms with Crippen LogP contribution in [0.1, 0.15) is 34.7 Å². The summed E-state index contributed by atoms with van der Waals surface area (Å²) >= 11 is 0. The third-order valence-corrected chi connectivity index (χ3v) is 5.22. The van der Waals surface area contributed by atoms with Crippen LogP contribution in [0.5, 0.6) is 11.5 Å². The second-order valence-electron chi connectivity index (χ2n) is 7.68. The SMILES string of the molecule is CCOc1cc(/C=C2\C(=O)Nc3cc(C(F)(F)F)ccc32)ccc1OCc1ccc(C)cc1. The van der Waals surface area contributed by atoms with Crippen molar-refractivity contribution in [3.8, 4) is 11.5 Å². The van der Waals surface area contributed by atoms with Crippen LogP contribution in [0.4, 0.5) is 18.9 Å². The van der Waals surface area contributed by atoms with Gasteiger partial charge in [-0.05, 0) is 55.3 Å². The Balaban J connectivity index is 1.60. The molecule has 7 heteroatoms. The number of aryl methyl sites for hydroxylation is 1. The fraction of sp³-hybridized carbons (Fsp3) is 0.192. The minimum absolute atomic E-state index is 0.143. The lowest BCUT2D eigenvalue weighted by Gasteiger charge is -2.13. The summed E-state index contributed by atoms with van der Waals surface area (Å²) in [6, 6.07) is 16.5. The minimum Gasteiger partial charge on any atom is -0.490 e. The van der Waals surface area contributed by atoms with Crippen molar-refractivity contribution in [3.05, 3.63) is 88.5 Å².